The van der Waals surface area contributed by atoms with Gasteiger partial charge in [0.2, 0.25) is 5.91 Å². The Morgan fingerprint density at radius 2 is 2.11 bits per heavy atom. The maximum atomic E-state index is 11.4. The summed E-state index contributed by atoms with van der Waals surface area (Å²) in [4.78, 5) is 15.8. The van der Waals surface area contributed by atoms with E-state index in [0.29, 0.717) is 11.4 Å². The van der Waals surface area contributed by atoms with Gasteiger partial charge in [-0.25, -0.2) is 4.98 Å². The molecule has 0 radical (unpaired) electrons. The molecule has 1 amide bonds. The molecule has 0 saturated carbocycles. The maximum Gasteiger partial charge on any atom is 0.240 e. The van der Waals surface area contributed by atoms with Crippen molar-refractivity contribution in [2.45, 2.75) is 26.8 Å². The van der Waals surface area contributed by atoms with Gasteiger partial charge in [0.05, 0.1) is 26.6 Å². The number of nitrogens with two attached hydrogens (primary N) is 2. The van der Waals surface area contributed by atoms with Gasteiger partial charge in [-0.2, -0.15) is 0 Å². The summed E-state index contributed by atoms with van der Waals surface area (Å²) >= 11 is 1.60. The van der Waals surface area contributed by atoms with Gasteiger partial charge in [-0.3, -0.25) is 4.79 Å². The molecule has 0 aliphatic carbocycles. The van der Waals surface area contributed by atoms with E-state index >= 15 is 0 Å². The smallest absolute Gasteiger partial charge is 0.240 e. The second kappa shape index (κ2) is 5.05. The molecule has 1 aromatic carbocycles. The number of nitrogens with one attached hydrogen (secondary N) is 1. The first-order chi connectivity index (χ1) is 8.88. The van der Waals surface area contributed by atoms with E-state index in [1.807, 2.05) is 32.9 Å². The highest BCUT2D eigenvalue weighted by atomic mass is 32.1. The summed E-state index contributed by atoms with van der Waals surface area (Å²) in [5, 5.41) is 4.10. The highest BCUT2D eigenvalue weighted by Gasteiger charge is 2.20. The molecule has 0 aliphatic heterocycles. The first-order valence-electron chi connectivity index (χ1n) is 6.11. The van der Waals surface area contributed by atoms with E-state index in [-0.39, 0.29) is 11.8 Å². The number of fused-ring (bicyclic) bond motifs is 1. The van der Waals surface area contributed by atoms with E-state index in [0.717, 1.165) is 15.2 Å². The number of primary amides is 1. The molecule has 6 heteroatoms. The van der Waals surface area contributed by atoms with Crippen molar-refractivity contribution < 1.29 is 4.79 Å². The van der Waals surface area contributed by atoms with Crippen LogP contribution in [0.5, 0.6) is 0 Å². The van der Waals surface area contributed by atoms with E-state index < -0.39 is 6.04 Å². The Hall–Kier alpha value is -1.82. The predicted molar refractivity (Wildman–Crippen MR) is 80.2 cm³/mol. The molecular formula is C13H18N4OS. The molecule has 0 bridgehead atoms. The van der Waals surface area contributed by atoms with E-state index in [1.165, 1.54) is 0 Å². The number of aromatic nitrogens is 1. The zero-order valence-electron chi connectivity index (χ0n) is 11.2. The van der Waals surface area contributed by atoms with E-state index in [1.54, 1.807) is 11.3 Å². The standard InChI is InChI=1S/C13H18N4OS/c1-6(2)12(13(15)18)17-9-5-10-11(4-8(9)14)19-7(3)16-10/h4-6,12,17H,14H2,1-3H3,(H2,15,18). The summed E-state index contributed by atoms with van der Waals surface area (Å²) in [6.07, 6.45) is 0. The minimum absolute atomic E-state index is 0.0877. The third-order valence-electron chi connectivity index (χ3n) is 2.95. The van der Waals surface area contributed by atoms with Crippen LogP contribution in [-0.4, -0.2) is 16.9 Å². The molecule has 2 rings (SSSR count). The highest BCUT2D eigenvalue weighted by Crippen LogP contribution is 2.30. The van der Waals surface area contributed by atoms with Crippen LogP contribution in [0.4, 0.5) is 11.4 Å². The van der Waals surface area contributed by atoms with Crippen molar-refractivity contribution in [2.75, 3.05) is 11.1 Å². The van der Waals surface area contributed by atoms with Gasteiger partial charge >= 0.3 is 0 Å². The molecule has 0 spiro atoms. The van der Waals surface area contributed by atoms with Crippen molar-refractivity contribution in [3.05, 3.63) is 17.1 Å². The number of nitrogen functional groups attached to an aromatic ring is 1. The third-order valence-corrected chi connectivity index (χ3v) is 3.88. The highest BCUT2D eigenvalue weighted by molar-refractivity contribution is 7.18. The second-order valence-corrected chi connectivity index (χ2v) is 6.14. The van der Waals surface area contributed by atoms with Crippen LogP contribution in [0.3, 0.4) is 0 Å². The lowest BCUT2D eigenvalue weighted by Crippen LogP contribution is -2.39. The fourth-order valence-corrected chi connectivity index (χ4v) is 2.82. The summed E-state index contributed by atoms with van der Waals surface area (Å²) in [5.74, 6) is -0.297. The van der Waals surface area contributed by atoms with Crippen molar-refractivity contribution in [2.24, 2.45) is 11.7 Å². The molecule has 102 valence electrons. The fraction of sp³-hybridized carbons (Fsp3) is 0.385. The van der Waals surface area contributed by atoms with Gasteiger partial charge in [-0.15, -0.1) is 11.3 Å². The van der Waals surface area contributed by atoms with Crippen LogP contribution in [0.2, 0.25) is 0 Å². The lowest BCUT2D eigenvalue weighted by molar-refractivity contribution is -0.119. The van der Waals surface area contributed by atoms with Gasteiger partial charge in [0.25, 0.3) is 0 Å². The first-order valence-corrected chi connectivity index (χ1v) is 6.92. The Kier molecular flexibility index (Phi) is 3.61. The summed E-state index contributed by atoms with van der Waals surface area (Å²) in [6.45, 7) is 5.82. The fourth-order valence-electron chi connectivity index (χ4n) is 1.96. The number of rotatable bonds is 4. The largest absolute Gasteiger partial charge is 0.397 e. The number of anilines is 2. The average molecular weight is 278 g/mol. The SMILES string of the molecule is Cc1nc2cc(NC(C(N)=O)C(C)C)c(N)cc2s1. The van der Waals surface area contributed by atoms with Gasteiger partial charge in [-0.1, -0.05) is 13.8 Å². The lowest BCUT2D eigenvalue weighted by Gasteiger charge is -2.21. The number of thiazole rings is 1. The Bertz CT molecular complexity index is 620. The molecule has 19 heavy (non-hydrogen) atoms. The Labute approximate surface area is 116 Å². The summed E-state index contributed by atoms with van der Waals surface area (Å²) in [5.41, 5.74) is 13.6. The number of amides is 1. The van der Waals surface area contributed by atoms with E-state index in [9.17, 15) is 4.79 Å². The van der Waals surface area contributed by atoms with Gasteiger partial charge in [-0.05, 0) is 25.0 Å². The maximum absolute atomic E-state index is 11.4. The van der Waals surface area contributed by atoms with Crippen molar-refractivity contribution >= 4 is 38.8 Å². The predicted octanol–water partition coefficient (Wildman–Crippen LogP) is 2.11. The molecule has 1 unspecified atom stereocenters. The molecule has 5 N–H and O–H groups in total. The zero-order chi connectivity index (χ0) is 14.2. The number of carbonyl (C=O) groups excluding carboxylic acids is 1. The summed E-state index contributed by atoms with van der Waals surface area (Å²) < 4.78 is 1.04. The second-order valence-electron chi connectivity index (χ2n) is 4.91. The topological polar surface area (TPSA) is 94.0 Å². The van der Waals surface area contributed by atoms with Gasteiger partial charge in [0.15, 0.2) is 0 Å². The quantitative estimate of drug-likeness (QED) is 0.747. The van der Waals surface area contributed by atoms with Crippen LogP contribution in [0, 0.1) is 12.8 Å². The van der Waals surface area contributed by atoms with Crippen LogP contribution < -0.4 is 16.8 Å². The Balaban J connectivity index is 2.38. The summed E-state index contributed by atoms with van der Waals surface area (Å²) in [6, 6.07) is 3.30. The number of hydrogen-bond acceptors (Lipinski definition) is 5. The molecule has 0 saturated heterocycles. The Morgan fingerprint density at radius 1 is 1.42 bits per heavy atom. The van der Waals surface area contributed by atoms with Crippen LogP contribution in [0.25, 0.3) is 10.2 Å². The number of hydrogen-bond donors (Lipinski definition) is 3. The third kappa shape index (κ3) is 2.78. The van der Waals surface area contributed by atoms with Crippen LogP contribution in [-0.2, 0) is 4.79 Å². The lowest BCUT2D eigenvalue weighted by atomic mass is 10.0. The molecular weight excluding hydrogens is 260 g/mol. The molecule has 0 fully saturated rings. The number of aryl methyl sites for hydroxylation is 1. The molecule has 5 nitrogen and oxygen atoms in total. The van der Waals surface area contributed by atoms with Crippen molar-refractivity contribution in [3.8, 4) is 0 Å². The molecule has 1 aromatic heterocycles. The average Bonchev–Trinajstić information content (AvgIpc) is 2.63. The molecule has 0 aliphatic rings. The van der Waals surface area contributed by atoms with Gasteiger partial charge < -0.3 is 16.8 Å². The van der Waals surface area contributed by atoms with E-state index in [2.05, 4.69) is 10.3 Å². The summed E-state index contributed by atoms with van der Waals surface area (Å²) in [7, 11) is 0. The molecule has 1 atom stereocenters. The number of benzene rings is 1. The van der Waals surface area contributed by atoms with Crippen LogP contribution in [0.1, 0.15) is 18.9 Å². The van der Waals surface area contributed by atoms with Gasteiger partial charge in [0, 0.05) is 0 Å². The Morgan fingerprint density at radius 3 is 2.68 bits per heavy atom. The minimum Gasteiger partial charge on any atom is -0.397 e. The number of nitrogens with zero attached hydrogens (tertiary/aromatic N) is 1. The minimum atomic E-state index is -0.445. The molecule has 1 heterocycles. The zero-order valence-corrected chi connectivity index (χ0v) is 12.0. The monoisotopic (exact) mass is 278 g/mol. The van der Waals surface area contributed by atoms with Crippen molar-refractivity contribution in [1.29, 1.82) is 0 Å². The van der Waals surface area contributed by atoms with Crippen LogP contribution in [0.15, 0.2) is 12.1 Å². The molecule has 2 aromatic rings. The van der Waals surface area contributed by atoms with E-state index in [4.69, 9.17) is 11.5 Å². The normalized spacial score (nSPS) is 12.8. The van der Waals surface area contributed by atoms with Gasteiger partial charge in [0.1, 0.15) is 6.04 Å². The van der Waals surface area contributed by atoms with Crippen molar-refractivity contribution in [3.63, 3.8) is 0 Å². The van der Waals surface area contributed by atoms with Crippen LogP contribution >= 0.6 is 11.3 Å². The first kappa shape index (κ1) is 13.6. The van der Waals surface area contributed by atoms with Crippen molar-refractivity contribution in [1.82, 2.24) is 4.98 Å². The number of carbonyl (C=O) groups is 1.